The maximum atomic E-state index is 15.7. The van der Waals surface area contributed by atoms with E-state index < -0.39 is 137 Å². The van der Waals surface area contributed by atoms with Crippen molar-refractivity contribution in [3.63, 3.8) is 0 Å². The van der Waals surface area contributed by atoms with Gasteiger partial charge in [-0.2, -0.15) is 0 Å². The van der Waals surface area contributed by atoms with Gasteiger partial charge in [-0.15, -0.1) is 0 Å². The first-order valence-corrected chi connectivity index (χ1v) is 44.0. The highest BCUT2D eigenvalue weighted by atomic mass is 16.6. The minimum absolute atomic E-state index is 0.00255. The smallest absolute Gasteiger partial charge is 0.245 e. The average Bonchev–Trinajstić information content (AvgIpc) is 1.56. The highest BCUT2D eigenvalue weighted by Crippen LogP contribution is 2.66. The molecule has 680 valence electrons. The van der Waals surface area contributed by atoms with E-state index in [1.807, 2.05) is 39.0 Å². The summed E-state index contributed by atoms with van der Waals surface area (Å²) in [6.07, 6.45) is 10.6. The highest BCUT2D eigenvalue weighted by Gasteiger charge is 2.61. The monoisotopic (exact) mass is 1740 g/mol. The van der Waals surface area contributed by atoms with Crippen molar-refractivity contribution in [1.82, 2.24) is 67.5 Å². The van der Waals surface area contributed by atoms with Crippen LogP contribution in [0.2, 0.25) is 0 Å². The Kier molecular flexibility index (Phi) is 31.1. The summed E-state index contributed by atoms with van der Waals surface area (Å²) in [6, 6.07) is 3.15. The van der Waals surface area contributed by atoms with Crippen molar-refractivity contribution >= 4 is 70.5 Å². The van der Waals surface area contributed by atoms with Crippen molar-refractivity contribution in [3.8, 4) is 17.4 Å². The van der Waals surface area contributed by atoms with E-state index >= 15 is 19.2 Å². The molecule has 4 aliphatic carbocycles. The van der Waals surface area contributed by atoms with Gasteiger partial charge in [-0.1, -0.05) is 41.5 Å². The lowest BCUT2D eigenvalue weighted by atomic mass is 9.84. The molecule has 17 atom stereocenters. The van der Waals surface area contributed by atoms with Crippen molar-refractivity contribution in [3.05, 3.63) is 106 Å². The Morgan fingerprint density at radius 2 is 0.976 bits per heavy atom. The number of fused-ring (bicyclic) bond motifs is 1. The number of aliphatic hydroxyl groups is 1. The van der Waals surface area contributed by atoms with Crippen LogP contribution in [-0.2, 0) is 105 Å². The van der Waals surface area contributed by atoms with Gasteiger partial charge in [-0.25, -0.2) is 4.98 Å². The molecule has 7 heterocycles. The van der Waals surface area contributed by atoms with Crippen LogP contribution in [0.5, 0.6) is 17.4 Å². The molecular formula is C90H123N13O22. The van der Waals surface area contributed by atoms with E-state index in [1.165, 1.54) is 41.4 Å². The van der Waals surface area contributed by atoms with Gasteiger partial charge < -0.3 is 95.6 Å². The second-order valence-corrected chi connectivity index (χ2v) is 35.4. The maximum Gasteiger partial charge on any atom is 0.245 e. The maximum absolute atomic E-state index is 15.7. The Morgan fingerprint density at radius 3 is 1.48 bits per heavy atom. The van der Waals surface area contributed by atoms with E-state index in [0.717, 1.165) is 42.4 Å². The summed E-state index contributed by atoms with van der Waals surface area (Å²) in [7, 11) is 4.51. The number of nitrogens with zero attached hydrogens (tertiary/aromatic N) is 4. The Morgan fingerprint density at radius 1 is 0.488 bits per heavy atom. The van der Waals surface area contributed by atoms with E-state index in [4.69, 9.17) is 42.6 Å². The zero-order chi connectivity index (χ0) is 88.9. The summed E-state index contributed by atoms with van der Waals surface area (Å²) in [5, 5.41) is 36.6. The number of carbonyl (C=O) groups is 12. The number of hydrogen-bond donors (Lipinski definition) is 10. The van der Waals surface area contributed by atoms with Crippen molar-refractivity contribution < 1.29 is 105 Å². The van der Waals surface area contributed by atoms with Gasteiger partial charge in [0.05, 0.1) is 125 Å². The molecule has 17 unspecified atom stereocenters. The number of morpholine rings is 3. The second kappa shape index (κ2) is 41.8. The number of pyridine rings is 1. The number of Topliss-reactive ketones (excluding diaryl/α,β-unsaturated/α-hetero) is 3. The van der Waals surface area contributed by atoms with Gasteiger partial charge in [-0.3, -0.25) is 72.2 Å². The van der Waals surface area contributed by atoms with Crippen LogP contribution >= 0.6 is 0 Å². The molecule has 1 aromatic heterocycles. The van der Waals surface area contributed by atoms with Crippen molar-refractivity contribution in [1.29, 1.82) is 0 Å². The van der Waals surface area contributed by atoms with Gasteiger partial charge in [0.15, 0.2) is 17.3 Å². The number of nitrogens with one attached hydrogen (secondary N) is 9. The summed E-state index contributed by atoms with van der Waals surface area (Å²) in [5.41, 5.74) is 1.47. The first-order valence-electron chi connectivity index (χ1n) is 44.0. The predicted molar refractivity (Wildman–Crippen MR) is 452 cm³/mol. The highest BCUT2D eigenvalue weighted by molar-refractivity contribution is 6.01. The molecule has 9 amide bonds. The van der Waals surface area contributed by atoms with Crippen LogP contribution in [0.1, 0.15) is 138 Å². The van der Waals surface area contributed by atoms with Crippen molar-refractivity contribution in [2.75, 3.05) is 146 Å². The molecule has 35 heteroatoms. The molecule has 6 aliphatic heterocycles. The van der Waals surface area contributed by atoms with E-state index in [9.17, 15) is 43.5 Å². The normalized spacial score (nSPS) is 26.0. The number of aliphatic hydroxyl groups excluding tert-OH is 1. The zero-order valence-electron chi connectivity index (χ0n) is 72.9. The molecular weight excluding hydrogens is 1620 g/mol. The van der Waals surface area contributed by atoms with Gasteiger partial charge in [0.1, 0.15) is 64.6 Å². The zero-order valence-corrected chi connectivity index (χ0v) is 72.9. The lowest BCUT2D eigenvalue weighted by Gasteiger charge is -2.29. The molecule has 8 fully saturated rings. The van der Waals surface area contributed by atoms with Crippen molar-refractivity contribution in [2.24, 2.45) is 17.8 Å². The number of amides is 9. The fourth-order valence-electron chi connectivity index (χ4n) is 18.4. The standard InChI is InChI=1S/C90H123N13O22/c1-52(92-74(105)45-101-24-30-120-31-25-101)82(111)98-69(38-55-16-21-73(118-7)64(36-55)60-15-11-14-57(60)41-67(80(109)89(4)50-124-89)96-84(113)70(39-56-22-23-91-77(40-56)119-8)99-83(112)53(2)93-75(106)46-102-26-32-121-33-27-102)85(114)97-68(81(110)90(5)51-125-90)44-65-62-20-19-61(78(62)65)63-43-59(117-6)18-17-58(63)42-71(100-87(116)72(48-104)94-76(107)47-103-28-34-122-35-29-103)86(115)95-66(37-54-12-9-10-13-54)79(108)88(3)49-123-88/h12,14,16-18,21-23,36,40,43,52-53,60-62,65-72,78,104H,9-11,13,15,19-20,24-35,37-39,41-42,44-51H2,1-8H3,(H,92,105)(H,93,106)(H,94,107)(H,95,115)(H,96,113)(H,97,114)(H,98,111)(H,99,112)(H,100,116). The number of allylic oxidation sites excluding steroid dienone is 2. The van der Waals surface area contributed by atoms with E-state index in [2.05, 4.69) is 58.9 Å². The number of ether oxygens (including phenoxy) is 9. The molecule has 0 spiro atoms. The van der Waals surface area contributed by atoms with Crippen LogP contribution in [0, 0.1) is 17.8 Å². The largest absolute Gasteiger partial charge is 0.497 e. The van der Waals surface area contributed by atoms with Crippen LogP contribution in [0.3, 0.4) is 0 Å². The number of aromatic nitrogens is 1. The Balaban J connectivity index is 0.748. The number of ketones is 3. The third kappa shape index (κ3) is 24.4. The molecule has 125 heavy (non-hydrogen) atoms. The number of rotatable bonds is 45. The summed E-state index contributed by atoms with van der Waals surface area (Å²) in [6.45, 7) is 13.4. The molecule has 6 saturated heterocycles. The van der Waals surface area contributed by atoms with Gasteiger partial charge in [0.25, 0.3) is 0 Å². The minimum Gasteiger partial charge on any atom is -0.497 e. The van der Waals surface area contributed by atoms with E-state index in [1.54, 1.807) is 51.1 Å². The van der Waals surface area contributed by atoms with E-state index in [0.29, 0.717) is 132 Å². The Bertz CT molecular complexity index is 4510. The van der Waals surface area contributed by atoms with E-state index in [-0.39, 0.29) is 125 Å². The average molecular weight is 1740 g/mol. The van der Waals surface area contributed by atoms with Gasteiger partial charge in [0.2, 0.25) is 59.0 Å². The summed E-state index contributed by atoms with van der Waals surface area (Å²) in [5.74, 6) is -6.21. The lowest BCUT2D eigenvalue weighted by molar-refractivity contribution is -0.135. The molecule has 0 bridgehead atoms. The number of hydrogen-bond acceptors (Lipinski definition) is 26. The summed E-state index contributed by atoms with van der Waals surface area (Å²) < 4.78 is 50.9. The fraction of sp³-hybridized carbons (Fsp3) is 0.633. The first kappa shape index (κ1) is 93.0. The molecule has 0 radical (unpaired) electrons. The van der Waals surface area contributed by atoms with Crippen molar-refractivity contribution in [2.45, 2.75) is 201 Å². The molecule has 3 aromatic rings. The van der Waals surface area contributed by atoms with Gasteiger partial charge >= 0.3 is 0 Å². The number of benzene rings is 2. The Hall–Kier alpha value is -9.69. The second-order valence-electron chi connectivity index (χ2n) is 35.4. The van der Waals surface area contributed by atoms with Crippen LogP contribution in [0.25, 0.3) is 0 Å². The van der Waals surface area contributed by atoms with Crippen LogP contribution < -0.4 is 62.1 Å². The number of epoxide rings is 3. The number of methoxy groups -OCH3 is 3. The van der Waals surface area contributed by atoms with Crippen LogP contribution in [0.15, 0.2) is 78.0 Å². The molecule has 35 nitrogen and oxygen atoms in total. The van der Waals surface area contributed by atoms with Gasteiger partial charge in [0, 0.05) is 82.3 Å². The Labute approximate surface area is 728 Å². The summed E-state index contributed by atoms with van der Waals surface area (Å²) >= 11 is 0. The summed E-state index contributed by atoms with van der Waals surface area (Å²) in [4.78, 5) is 184. The quantitative estimate of drug-likeness (QED) is 0.0271. The third-order valence-electron chi connectivity index (χ3n) is 26.1. The topological polar surface area (TPSA) is 449 Å². The SMILES string of the molecule is COc1ccc(CC(NC(=O)C(CO)NC(=O)CN2CCOCC2)C(=O)NC(CC2=CCCC2)C(=O)C2(C)CO2)c(C2CCC3C(CC(NC(=O)C(Cc4ccc(OC)c(C5CCC=C5CC(NC(=O)C(Cc5ccnc(OC)c5)NC(=O)C(C)NC(=O)CN5CCOCC5)C(=O)C5(C)CO5)c4)NC(=O)C(C)NC(=O)CN4CCOCC4)C(=O)C4(C)CO4)C23)c1. The first-order chi connectivity index (χ1) is 60.0. The molecule has 10 aliphatic rings. The predicted octanol–water partition coefficient (Wildman–Crippen LogP) is 0.425. The molecule has 10 N–H and O–H groups in total. The lowest BCUT2D eigenvalue weighted by Crippen LogP contribution is -2.58. The van der Waals surface area contributed by atoms with Crippen LogP contribution in [-0.4, -0.2) is 313 Å². The molecule has 2 saturated carbocycles. The molecule has 13 rings (SSSR count). The third-order valence-corrected chi connectivity index (χ3v) is 26.1. The van der Waals surface area contributed by atoms with Gasteiger partial charge in [-0.05, 0) is 169 Å². The fourth-order valence-corrected chi connectivity index (χ4v) is 18.4. The van der Waals surface area contributed by atoms with Crippen LogP contribution in [0.4, 0.5) is 0 Å². The minimum atomic E-state index is -1.46. The number of carbonyl (C=O) groups excluding carboxylic acids is 12. The molecule has 2 aromatic carbocycles.